The zero-order chi connectivity index (χ0) is 13.3. The molecule has 0 aliphatic carbocycles. The van der Waals surface area contributed by atoms with Gasteiger partial charge in [-0.15, -0.1) is 0 Å². The van der Waals surface area contributed by atoms with Crippen molar-refractivity contribution in [1.29, 1.82) is 0 Å². The van der Waals surface area contributed by atoms with Crippen molar-refractivity contribution < 1.29 is 4.79 Å². The van der Waals surface area contributed by atoms with E-state index in [1.807, 2.05) is 6.92 Å². The van der Waals surface area contributed by atoms with E-state index in [1.165, 1.54) is 0 Å². The summed E-state index contributed by atoms with van der Waals surface area (Å²) in [4.78, 5) is 12.3. The Morgan fingerprint density at radius 2 is 1.50 bits per heavy atom. The summed E-state index contributed by atoms with van der Waals surface area (Å²) in [5.74, 6) is -0.126. The first-order valence-electron chi connectivity index (χ1n) is 5.24. The minimum Gasteiger partial charge on any atom is -0.289 e. The first-order valence-corrected chi connectivity index (χ1v) is 6.38. The Labute approximate surface area is 120 Å². The quantitative estimate of drug-likeness (QED) is 0.698. The van der Waals surface area contributed by atoms with Gasteiger partial charge in [0.25, 0.3) is 0 Å². The van der Waals surface area contributed by atoms with Crippen molar-refractivity contribution in [1.82, 2.24) is 0 Å². The van der Waals surface area contributed by atoms with Crippen LogP contribution in [0.2, 0.25) is 15.1 Å². The molecule has 0 saturated heterocycles. The number of hydrogen-bond donors (Lipinski definition) is 0. The molecule has 0 amide bonds. The molecule has 0 unspecified atom stereocenters. The number of halogens is 3. The van der Waals surface area contributed by atoms with Gasteiger partial charge in [0, 0.05) is 26.2 Å². The van der Waals surface area contributed by atoms with Gasteiger partial charge >= 0.3 is 0 Å². The lowest BCUT2D eigenvalue weighted by molar-refractivity contribution is 0.103. The number of ketones is 1. The monoisotopic (exact) mass is 298 g/mol. The largest absolute Gasteiger partial charge is 0.289 e. The Hall–Kier alpha value is -1.02. The van der Waals surface area contributed by atoms with Crippen molar-refractivity contribution in [2.75, 3.05) is 0 Å². The molecule has 4 heteroatoms. The highest BCUT2D eigenvalue weighted by atomic mass is 35.5. The van der Waals surface area contributed by atoms with E-state index in [0.29, 0.717) is 26.2 Å². The highest BCUT2D eigenvalue weighted by molar-refractivity contribution is 6.35. The summed E-state index contributed by atoms with van der Waals surface area (Å²) < 4.78 is 0. The fourth-order valence-corrected chi connectivity index (χ4v) is 2.28. The molecule has 0 N–H and O–H groups in total. The topological polar surface area (TPSA) is 17.1 Å². The summed E-state index contributed by atoms with van der Waals surface area (Å²) in [5, 5.41) is 1.52. The van der Waals surface area contributed by atoms with Gasteiger partial charge in [-0.25, -0.2) is 0 Å². The predicted molar refractivity (Wildman–Crippen MR) is 76.1 cm³/mol. The Bertz CT molecular complexity index is 600. The third-order valence-electron chi connectivity index (χ3n) is 2.54. The number of carbonyl (C=O) groups is 1. The van der Waals surface area contributed by atoms with Gasteiger partial charge in [-0.05, 0) is 48.9 Å². The Morgan fingerprint density at radius 1 is 0.889 bits per heavy atom. The maximum atomic E-state index is 12.3. The van der Waals surface area contributed by atoms with Crippen LogP contribution in [0.15, 0.2) is 36.4 Å². The summed E-state index contributed by atoms with van der Waals surface area (Å²) in [5.41, 5.74) is 1.89. The third kappa shape index (κ3) is 2.86. The van der Waals surface area contributed by atoms with Crippen LogP contribution in [0, 0.1) is 6.92 Å². The molecule has 1 nitrogen and oxygen atoms in total. The lowest BCUT2D eigenvalue weighted by atomic mass is 10.0. The molecule has 0 aromatic heterocycles. The van der Waals surface area contributed by atoms with E-state index in [-0.39, 0.29) is 5.78 Å². The molecule has 0 heterocycles. The number of hydrogen-bond acceptors (Lipinski definition) is 1. The molecule has 0 aliphatic rings. The molecular formula is C14H9Cl3O. The Morgan fingerprint density at radius 3 is 2.06 bits per heavy atom. The summed E-state index contributed by atoms with van der Waals surface area (Å²) in [6.07, 6.45) is 0. The van der Waals surface area contributed by atoms with Gasteiger partial charge < -0.3 is 0 Å². The van der Waals surface area contributed by atoms with Crippen LogP contribution in [0.25, 0.3) is 0 Å². The molecule has 0 aliphatic heterocycles. The average molecular weight is 300 g/mol. The number of benzene rings is 2. The van der Waals surface area contributed by atoms with Crippen LogP contribution in [0.5, 0.6) is 0 Å². The van der Waals surface area contributed by atoms with Gasteiger partial charge in [0.15, 0.2) is 5.78 Å². The molecule has 92 valence electrons. The van der Waals surface area contributed by atoms with Crippen LogP contribution >= 0.6 is 34.8 Å². The minimum absolute atomic E-state index is 0.126. The van der Waals surface area contributed by atoms with Crippen LogP contribution in [0.1, 0.15) is 21.5 Å². The molecule has 2 aromatic rings. The van der Waals surface area contributed by atoms with Crippen molar-refractivity contribution in [3.8, 4) is 0 Å². The van der Waals surface area contributed by atoms with Gasteiger partial charge in [0.05, 0.1) is 0 Å². The molecule has 2 rings (SSSR count). The fraction of sp³-hybridized carbons (Fsp3) is 0.0714. The standard InChI is InChI=1S/C14H9Cl3O/c1-8-4-9(2-3-13(8)17)14(18)10-5-11(15)7-12(16)6-10/h2-7H,1H3. The van der Waals surface area contributed by atoms with Crippen molar-refractivity contribution >= 4 is 40.6 Å². The van der Waals surface area contributed by atoms with Gasteiger partial charge in [-0.1, -0.05) is 34.8 Å². The normalized spacial score (nSPS) is 10.4. The molecule has 0 fully saturated rings. The van der Waals surface area contributed by atoms with Crippen LogP contribution in [0.4, 0.5) is 0 Å². The SMILES string of the molecule is Cc1cc(C(=O)c2cc(Cl)cc(Cl)c2)ccc1Cl. The van der Waals surface area contributed by atoms with Gasteiger partial charge in [0.1, 0.15) is 0 Å². The highest BCUT2D eigenvalue weighted by Crippen LogP contribution is 2.23. The number of carbonyl (C=O) groups excluding carboxylic acids is 1. The fourth-order valence-electron chi connectivity index (χ4n) is 1.64. The second-order valence-corrected chi connectivity index (χ2v) is 5.23. The van der Waals surface area contributed by atoms with Gasteiger partial charge in [0.2, 0.25) is 0 Å². The second kappa shape index (κ2) is 5.31. The molecule has 0 radical (unpaired) electrons. The molecule has 0 atom stereocenters. The average Bonchev–Trinajstić information content (AvgIpc) is 2.30. The van der Waals surface area contributed by atoms with E-state index < -0.39 is 0 Å². The Kier molecular flexibility index (Phi) is 3.96. The molecule has 0 saturated carbocycles. The summed E-state index contributed by atoms with van der Waals surface area (Å²) in [7, 11) is 0. The predicted octanol–water partition coefficient (Wildman–Crippen LogP) is 5.19. The lowest BCUT2D eigenvalue weighted by Crippen LogP contribution is -2.01. The van der Waals surface area contributed by atoms with E-state index >= 15 is 0 Å². The lowest BCUT2D eigenvalue weighted by Gasteiger charge is -2.05. The molecule has 0 bridgehead atoms. The summed E-state index contributed by atoms with van der Waals surface area (Å²) in [6.45, 7) is 1.85. The first-order chi connectivity index (χ1) is 8.47. The van der Waals surface area contributed by atoms with E-state index in [9.17, 15) is 4.79 Å². The van der Waals surface area contributed by atoms with Crippen LogP contribution in [-0.4, -0.2) is 5.78 Å². The van der Waals surface area contributed by atoms with Crippen LogP contribution in [-0.2, 0) is 0 Å². The maximum Gasteiger partial charge on any atom is 0.193 e. The highest BCUT2D eigenvalue weighted by Gasteiger charge is 2.11. The zero-order valence-electron chi connectivity index (χ0n) is 9.51. The van der Waals surface area contributed by atoms with E-state index in [2.05, 4.69) is 0 Å². The number of rotatable bonds is 2. The van der Waals surface area contributed by atoms with Crippen molar-refractivity contribution in [3.05, 3.63) is 68.2 Å². The molecule has 2 aromatic carbocycles. The zero-order valence-corrected chi connectivity index (χ0v) is 11.8. The minimum atomic E-state index is -0.126. The summed E-state index contributed by atoms with van der Waals surface area (Å²) >= 11 is 17.7. The molecule has 0 spiro atoms. The van der Waals surface area contributed by atoms with Crippen molar-refractivity contribution in [3.63, 3.8) is 0 Å². The van der Waals surface area contributed by atoms with Gasteiger partial charge in [-0.2, -0.15) is 0 Å². The molecular weight excluding hydrogens is 291 g/mol. The molecule has 18 heavy (non-hydrogen) atoms. The summed E-state index contributed by atoms with van der Waals surface area (Å²) in [6, 6.07) is 9.93. The smallest absolute Gasteiger partial charge is 0.193 e. The number of aryl methyl sites for hydroxylation is 1. The third-order valence-corrected chi connectivity index (χ3v) is 3.41. The Balaban J connectivity index is 2.44. The first kappa shape index (κ1) is 13.4. The van der Waals surface area contributed by atoms with E-state index in [1.54, 1.807) is 36.4 Å². The van der Waals surface area contributed by atoms with Crippen molar-refractivity contribution in [2.24, 2.45) is 0 Å². The van der Waals surface area contributed by atoms with Gasteiger partial charge in [-0.3, -0.25) is 4.79 Å². The van der Waals surface area contributed by atoms with Crippen molar-refractivity contribution in [2.45, 2.75) is 6.92 Å². The van der Waals surface area contributed by atoms with E-state index in [4.69, 9.17) is 34.8 Å². The van der Waals surface area contributed by atoms with Crippen LogP contribution < -0.4 is 0 Å². The second-order valence-electron chi connectivity index (χ2n) is 3.95. The van der Waals surface area contributed by atoms with E-state index in [0.717, 1.165) is 5.56 Å². The van der Waals surface area contributed by atoms with Crippen LogP contribution in [0.3, 0.4) is 0 Å². The maximum absolute atomic E-state index is 12.3.